The van der Waals surface area contributed by atoms with Gasteiger partial charge in [-0.05, 0) is 17.0 Å². The molecule has 1 rings (SSSR count). The highest BCUT2D eigenvalue weighted by Gasteiger charge is 2.05. The Morgan fingerprint density at radius 3 is 2.29 bits per heavy atom. The summed E-state index contributed by atoms with van der Waals surface area (Å²) in [5.41, 5.74) is 13.8. The third-order valence-corrected chi connectivity index (χ3v) is 2.26. The zero-order chi connectivity index (χ0) is 9.84. The summed E-state index contributed by atoms with van der Waals surface area (Å²) in [7, 11) is 0. The maximum absolute atomic E-state index is 5.84. The molecule has 14 heavy (non-hydrogen) atoms. The summed E-state index contributed by atoms with van der Waals surface area (Å²) in [6, 6.07) is 8.31. The molecule has 0 radical (unpaired) electrons. The van der Waals surface area contributed by atoms with Crippen molar-refractivity contribution < 1.29 is 0 Å². The Labute approximate surface area is 92.1 Å². The normalized spacial score (nSPS) is 12.4. The van der Waals surface area contributed by atoms with Gasteiger partial charge in [0.1, 0.15) is 0 Å². The van der Waals surface area contributed by atoms with Crippen LogP contribution in [-0.4, -0.2) is 6.54 Å². The molecule has 0 aliphatic heterocycles. The van der Waals surface area contributed by atoms with E-state index >= 15 is 0 Å². The zero-order valence-electron chi connectivity index (χ0n) is 8.73. The summed E-state index contributed by atoms with van der Waals surface area (Å²) in [4.78, 5) is 0. The van der Waals surface area contributed by atoms with Crippen molar-refractivity contribution in [1.82, 2.24) is 0 Å². The minimum atomic E-state index is -0.0290. The van der Waals surface area contributed by atoms with E-state index in [1.807, 2.05) is 12.1 Å². The van der Waals surface area contributed by atoms with Crippen molar-refractivity contribution in [2.75, 3.05) is 6.54 Å². The van der Waals surface area contributed by atoms with Gasteiger partial charge >= 0.3 is 0 Å². The Balaban J connectivity index is 0.00000169. The number of halogens is 1. The predicted molar refractivity (Wildman–Crippen MR) is 63.8 cm³/mol. The second kappa shape index (κ2) is 6.02. The molecular weight excluding hydrogens is 196 g/mol. The highest BCUT2D eigenvalue weighted by molar-refractivity contribution is 5.85. The van der Waals surface area contributed by atoms with Crippen LogP contribution in [0.15, 0.2) is 24.3 Å². The van der Waals surface area contributed by atoms with Crippen molar-refractivity contribution in [3.05, 3.63) is 35.4 Å². The van der Waals surface area contributed by atoms with Gasteiger partial charge in [0.15, 0.2) is 0 Å². The smallest absolute Gasteiger partial charge is 0.0419 e. The predicted octanol–water partition coefficient (Wildman–Crippen LogP) is 2.19. The molecular formula is C11H19ClN2. The maximum Gasteiger partial charge on any atom is 0.0419 e. The van der Waals surface area contributed by atoms with Gasteiger partial charge in [-0.1, -0.05) is 38.1 Å². The van der Waals surface area contributed by atoms with E-state index in [2.05, 4.69) is 26.0 Å². The van der Waals surface area contributed by atoms with E-state index < -0.39 is 0 Å². The van der Waals surface area contributed by atoms with Gasteiger partial charge in [0.05, 0.1) is 0 Å². The lowest BCUT2D eigenvalue weighted by Crippen LogP contribution is -2.20. The van der Waals surface area contributed by atoms with Gasteiger partial charge in [-0.3, -0.25) is 0 Å². The van der Waals surface area contributed by atoms with Crippen molar-refractivity contribution in [3.63, 3.8) is 0 Å². The summed E-state index contributed by atoms with van der Waals surface area (Å²) >= 11 is 0. The first kappa shape index (κ1) is 13.4. The topological polar surface area (TPSA) is 52.0 Å². The van der Waals surface area contributed by atoms with Crippen LogP contribution in [0.1, 0.15) is 36.9 Å². The zero-order valence-corrected chi connectivity index (χ0v) is 9.55. The molecule has 4 N–H and O–H groups in total. The van der Waals surface area contributed by atoms with Gasteiger partial charge in [-0.2, -0.15) is 0 Å². The van der Waals surface area contributed by atoms with E-state index in [9.17, 15) is 0 Å². The summed E-state index contributed by atoms with van der Waals surface area (Å²) in [5, 5.41) is 0. The Morgan fingerprint density at radius 1 is 1.21 bits per heavy atom. The quantitative estimate of drug-likeness (QED) is 0.811. The van der Waals surface area contributed by atoms with E-state index in [-0.39, 0.29) is 18.4 Å². The molecule has 0 saturated heterocycles. The average Bonchev–Trinajstić information content (AvgIpc) is 2.17. The number of hydrogen-bond acceptors (Lipinski definition) is 2. The first-order valence-electron chi connectivity index (χ1n) is 4.70. The van der Waals surface area contributed by atoms with Crippen LogP contribution in [0.5, 0.6) is 0 Å². The van der Waals surface area contributed by atoms with Crippen molar-refractivity contribution in [2.45, 2.75) is 25.8 Å². The van der Waals surface area contributed by atoms with Gasteiger partial charge in [-0.25, -0.2) is 0 Å². The van der Waals surface area contributed by atoms with Crippen molar-refractivity contribution in [2.24, 2.45) is 11.5 Å². The molecule has 0 saturated carbocycles. The Bertz CT molecular complexity index is 274. The number of rotatable bonds is 3. The number of benzene rings is 1. The summed E-state index contributed by atoms with van der Waals surface area (Å²) < 4.78 is 0. The molecule has 3 heteroatoms. The van der Waals surface area contributed by atoms with Crippen molar-refractivity contribution in [3.8, 4) is 0 Å². The Morgan fingerprint density at radius 2 is 1.79 bits per heavy atom. The largest absolute Gasteiger partial charge is 0.329 e. The van der Waals surface area contributed by atoms with Crippen LogP contribution >= 0.6 is 12.4 Å². The monoisotopic (exact) mass is 214 g/mol. The Hall–Kier alpha value is -0.570. The third-order valence-electron chi connectivity index (χ3n) is 2.26. The van der Waals surface area contributed by atoms with E-state index in [4.69, 9.17) is 11.5 Å². The van der Waals surface area contributed by atoms with E-state index in [1.54, 1.807) is 0 Å². The van der Waals surface area contributed by atoms with E-state index in [0.717, 1.165) is 5.56 Å². The lowest BCUT2D eigenvalue weighted by Gasteiger charge is -2.12. The molecule has 0 spiro atoms. The van der Waals surface area contributed by atoms with Gasteiger partial charge in [0, 0.05) is 12.6 Å². The second-order valence-corrected chi connectivity index (χ2v) is 3.67. The molecule has 0 heterocycles. The first-order chi connectivity index (χ1) is 6.15. The number of nitrogens with two attached hydrogens (primary N) is 2. The van der Waals surface area contributed by atoms with Crippen LogP contribution in [0.4, 0.5) is 0 Å². The second-order valence-electron chi connectivity index (χ2n) is 3.67. The van der Waals surface area contributed by atoms with Crippen LogP contribution in [0, 0.1) is 0 Å². The average molecular weight is 215 g/mol. The first-order valence-corrected chi connectivity index (χ1v) is 4.70. The molecule has 0 aliphatic rings. The van der Waals surface area contributed by atoms with Crippen molar-refractivity contribution >= 4 is 12.4 Å². The summed E-state index contributed by atoms with van der Waals surface area (Å²) in [5.74, 6) is 0.546. The van der Waals surface area contributed by atoms with E-state index in [0.29, 0.717) is 12.5 Å². The molecule has 0 aliphatic carbocycles. The van der Waals surface area contributed by atoms with Gasteiger partial charge < -0.3 is 11.5 Å². The van der Waals surface area contributed by atoms with Gasteiger partial charge in [-0.15, -0.1) is 12.4 Å². The molecule has 1 aromatic rings. The SMILES string of the molecule is CC(C)c1cccc([C@H](N)CN)c1.Cl. The maximum atomic E-state index is 5.84. The minimum Gasteiger partial charge on any atom is -0.329 e. The molecule has 2 nitrogen and oxygen atoms in total. The van der Waals surface area contributed by atoms with Crippen LogP contribution < -0.4 is 11.5 Å². The lowest BCUT2D eigenvalue weighted by atomic mass is 9.98. The Kier molecular flexibility index (Phi) is 5.77. The molecule has 0 unspecified atom stereocenters. The molecule has 0 bridgehead atoms. The fourth-order valence-electron chi connectivity index (χ4n) is 1.28. The molecule has 0 amide bonds. The van der Waals surface area contributed by atoms with Crippen LogP contribution in [0.2, 0.25) is 0 Å². The standard InChI is InChI=1S/C11H18N2.ClH/c1-8(2)9-4-3-5-10(6-9)11(13)7-12;/h3-6,8,11H,7,12-13H2,1-2H3;1H/t11-;/m1./s1. The fourth-order valence-corrected chi connectivity index (χ4v) is 1.28. The fraction of sp³-hybridized carbons (Fsp3) is 0.455. The van der Waals surface area contributed by atoms with Crippen LogP contribution in [0.3, 0.4) is 0 Å². The molecule has 1 atom stereocenters. The van der Waals surface area contributed by atoms with Crippen LogP contribution in [0.25, 0.3) is 0 Å². The molecule has 80 valence electrons. The summed E-state index contributed by atoms with van der Waals surface area (Å²) in [6.45, 7) is 4.85. The third kappa shape index (κ3) is 3.29. The van der Waals surface area contributed by atoms with E-state index in [1.165, 1.54) is 5.56 Å². The van der Waals surface area contributed by atoms with Gasteiger partial charge in [0.2, 0.25) is 0 Å². The number of hydrogen-bond donors (Lipinski definition) is 2. The molecule has 1 aromatic carbocycles. The highest BCUT2D eigenvalue weighted by Crippen LogP contribution is 2.18. The summed E-state index contributed by atoms with van der Waals surface area (Å²) in [6.07, 6.45) is 0. The highest BCUT2D eigenvalue weighted by atomic mass is 35.5. The van der Waals surface area contributed by atoms with Crippen molar-refractivity contribution in [1.29, 1.82) is 0 Å². The minimum absolute atomic E-state index is 0. The molecule has 0 fully saturated rings. The molecule has 0 aromatic heterocycles. The van der Waals surface area contributed by atoms with Crippen LogP contribution in [-0.2, 0) is 0 Å². The van der Waals surface area contributed by atoms with Gasteiger partial charge in [0.25, 0.3) is 0 Å². The lowest BCUT2D eigenvalue weighted by molar-refractivity contribution is 0.732.